The van der Waals surface area contributed by atoms with Gasteiger partial charge in [0.05, 0.1) is 21.5 Å². The van der Waals surface area contributed by atoms with Gasteiger partial charge in [0, 0.05) is 0 Å². The van der Waals surface area contributed by atoms with Crippen molar-refractivity contribution < 1.29 is 19.8 Å². The molecule has 170 valence electrons. The van der Waals surface area contributed by atoms with Crippen molar-refractivity contribution in [3.63, 3.8) is 0 Å². The van der Waals surface area contributed by atoms with Crippen LogP contribution < -0.4 is 22.2 Å². The SMILES string of the molecule is CC[C@H](C)[C@@H](C(=O)O)n1c(=O)c2cc3c(=O)n([C@H](C(=O)O)[C@@H](C)CC)c(=O)c3cc2c1=O. The van der Waals surface area contributed by atoms with Crippen LogP contribution in [-0.4, -0.2) is 31.3 Å². The van der Waals surface area contributed by atoms with E-state index in [0.29, 0.717) is 22.0 Å². The molecule has 2 heterocycles. The van der Waals surface area contributed by atoms with Crippen molar-refractivity contribution in [1.29, 1.82) is 0 Å². The zero-order valence-electron chi connectivity index (χ0n) is 18.1. The molecule has 0 fully saturated rings. The summed E-state index contributed by atoms with van der Waals surface area (Å²) in [6.07, 6.45) is 0.804. The molecule has 0 amide bonds. The quantitative estimate of drug-likeness (QED) is 0.526. The molecule has 0 saturated heterocycles. The molecule has 0 aliphatic heterocycles. The van der Waals surface area contributed by atoms with Crippen LogP contribution in [0.15, 0.2) is 31.3 Å². The number of carboxylic acids is 2. The Bertz CT molecular complexity index is 1250. The monoisotopic (exact) mass is 444 g/mol. The second-order valence-electron chi connectivity index (χ2n) is 8.24. The van der Waals surface area contributed by atoms with Crippen molar-refractivity contribution in [1.82, 2.24) is 9.13 Å². The van der Waals surface area contributed by atoms with Crippen molar-refractivity contribution in [2.24, 2.45) is 11.8 Å². The lowest BCUT2D eigenvalue weighted by atomic mass is 9.99. The summed E-state index contributed by atoms with van der Waals surface area (Å²) in [5, 5.41) is 18.5. The second-order valence-corrected chi connectivity index (χ2v) is 8.24. The number of aliphatic carboxylic acids is 2. The lowest BCUT2D eigenvalue weighted by Gasteiger charge is -2.18. The van der Waals surface area contributed by atoms with Crippen LogP contribution >= 0.6 is 0 Å². The van der Waals surface area contributed by atoms with Gasteiger partial charge in [-0.3, -0.25) is 28.3 Å². The molecule has 0 radical (unpaired) electrons. The number of aromatic nitrogens is 2. The van der Waals surface area contributed by atoms with E-state index < -0.39 is 58.1 Å². The van der Waals surface area contributed by atoms with E-state index in [1.165, 1.54) is 0 Å². The van der Waals surface area contributed by atoms with Crippen LogP contribution in [0, 0.1) is 11.8 Å². The molecule has 0 unspecified atom stereocenters. The first-order valence-electron chi connectivity index (χ1n) is 10.4. The summed E-state index contributed by atoms with van der Waals surface area (Å²) in [6.45, 7) is 6.67. The smallest absolute Gasteiger partial charge is 0.327 e. The van der Waals surface area contributed by atoms with Crippen LogP contribution in [-0.2, 0) is 9.59 Å². The molecule has 4 atom stereocenters. The molecule has 32 heavy (non-hydrogen) atoms. The first-order valence-corrected chi connectivity index (χ1v) is 10.4. The summed E-state index contributed by atoms with van der Waals surface area (Å²) < 4.78 is 1.31. The van der Waals surface area contributed by atoms with Crippen molar-refractivity contribution in [2.75, 3.05) is 0 Å². The summed E-state index contributed by atoms with van der Waals surface area (Å²) in [5.74, 6) is -3.71. The third-order valence-corrected chi connectivity index (χ3v) is 6.38. The molecular formula is C22H24N2O8. The molecule has 1 aromatic carbocycles. The largest absolute Gasteiger partial charge is 0.480 e. The van der Waals surface area contributed by atoms with Crippen LogP contribution in [0.5, 0.6) is 0 Å². The molecule has 0 aliphatic rings. The summed E-state index contributed by atoms with van der Waals surface area (Å²) in [7, 11) is 0. The fourth-order valence-electron chi connectivity index (χ4n) is 4.18. The molecule has 0 saturated carbocycles. The highest BCUT2D eigenvalue weighted by Gasteiger charge is 2.33. The van der Waals surface area contributed by atoms with E-state index in [4.69, 9.17) is 0 Å². The number of hydrogen-bond acceptors (Lipinski definition) is 6. The lowest BCUT2D eigenvalue weighted by molar-refractivity contribution is -0.143. The van der Waals surface area contributed by atoms with Gasteiger partial charge in [-0.05, 0) is 24.0 Å². The van der Waals surface area contributed by atoms with Gasteiger partial charge in [-0.1, -0.05) is 40.5 Å². The zero-order valence-corrected chi connectivity index (χ0v) is 18.1. The molecule has 10 nitrogen and oxygen atoms in total. The summed E-state index contributed by atoms with van der Waals surface area (Å²) in [6, 6.07) is -0.606. The minimum Gasteiger partial charge on any atom is -0.480 e. The maximum absolute atomic E-state index is 13.0. The fourth-order valence-corrected chi connectivity index (χ4v) is 4.18. The first-order chi connectivity index (χ1) is 15.0. The lowest BCUT2D eigenvalue weighted by Crippen LogP contribution is -2.38. The molecule has 0 spiro atoms. The Morgan fingerprint density at radius 2 is 0.938 bits per heavy atom. The third kappa shape index (κ3) is 3.26. The molecule has 0 bridgehead atoms. The molecular weight excluding hydrogens is 420 g/mol. The van der Waals surface area contributed by atoms with Gasteiger partial charge in [0.25, 0.3) is 22.2 Å². The number of nitrogens with zero attached hydrogens (tertiary/aromatic N) is 2. The van der Waals surface area contributed by atoms with Gasteiger partial charge in [-0.2, -0.15) is 0 Å². The van der Waals surface area contributed by atoms with Crippen LogP contribution in [0.1, 0.15) is 52.6 Å². The molecule has 3 aromatic rings. The van der Waals surface area contributed by atoms with E-state index in [1.54, 1.807) is 27.7 Å². The maximum Gasteiger partial charge on any atom is 0.327 e. The fraction of sp³-hybridized carbons (Fsp3) is 0.455. The standard InChI is InChI=1S/C22H24N2O8/c1-5-9(3)15(21(29)30)23-17(25)11-7-13-14(8-12(11)18(23)26)20(28)24(19(13)27)16(22(31)32)10(4)6-2/h7-10,15-16H,5-6H2,1-4H3,(H,29,30)(H,31,32)/t9-,10-,15-,16-/m0/s1. The second kappa shape index (κ2) is 8.18. The Labute approximate surface area is 181 Å². The van der Waals surface area contributed by atoms with Crippen LogP contribution in [0.25, 0.3) is 21.5 Å². The van der Waals surface area contributed by atoms with Crippen molar-refractivity contribution in [3.8, 4) is 0 Å². The molecule has 10 heteroatoms. The van der Waals surface area contributed by atoms with Gasteiger partial charge < -0.3 is 10.2 Å². The Morgan fingerprint density at radius 1 is 0.688 bits per heavy atom. The van der Waals surface area contributed by atoms with Gasteiger partial charge in [-0.15, -0.1) is 0 Å². The maximum atomic E-state index is 13.0. The van der Waals surface area contributed by atoms with E-state index in [9.17, 15) is 39.0 Å². The predicted octanol–water partition coefficient (Wildman–Crippen LogP) is 1.26. The summed E-state index contributed by atoms with van der Waals surface area (Å²) in [5.41, 5.74) is -3.46. The predicted molar refractivity (Wildman–Crippen MR) is 117 cm³/mol. The molecule has 2 aromatic heterocycles. The average Bonchev–Trinajstić information content (AvgIpc) is 3.12. The number of carboxylic acid groups (broad SMARTS) is 2. The Balaban J connectivity index is 2.40. The van der Waals surface area contributed by atoms with Gasteiger partial charge in [0.2, 0.25) is 0 Å². The van der Waals surface area contributed by atoms with Crippen LogP contribution in [0.4, 0.5) is 0 Å². The van der Waals surface area contributed by atoms with E-state index >= 15 is 0 Å². The topological polar surface area (TPSA) is 153 Å². The van der Waals surface area contributed by atoms with Crippen molar-refractivity contribution in [3.05, 3.63) is 53.5 Å². The highest BCUT2D eigenvalue weighted by atomic mass is 16.4. The first kappa shape index (κ1) is 23.1. The third-order valence-electron chi connectivity index (χ3n) is 6.38. The van der Waals surface area contributed by atoms with E-state index in [-0.39, 0.29) is 21.5 Å². The minimum absolute atomic E-state index is 0.179. The van der Waals surface area contributed by atoms with Gasteiger partial charge in [0.15, 0.2) is 0 Å². The highest BCUT2D eigenvalue weighted by molar-refractivity contribution is 5.98. The van der Waals surface area contributed by atoms with Crippen LogP contribution in [0.2, 0.25) is 0 Å². The van der Waals surface area contributed by atoms with E-state index in [0.717, 1.165) is 12.1 Å². The van der Waals surface area contributed by atoms with Gasteiger partial charge in [0.1, 0.15) is 12.1 Å². The number of hydrogen-bond donors (Lipinski definition) is 2. The molecule has 3 rings (SSSR count). The minimum atomic E-state index is -1.40. The Kier molecular flexibility index (Phi) is 5.90. The zero-order chi connectivity index (χ0) is 24.1. The number of fused-ring (bicyclic) bond motifs is 2. The van der Waals surface area contributed by atoms with E-state index in [2.05, 4.69) is 0 Å². The Hall–Kier alpha value is -3.56. The van der Waals surface area contributed by atoms with Crippen molar-refractivity contribution in [2.45, 2.75) is 52.6 Å². The summed E-state index contributed by atoms with van der Waals surface area (Å²) in [4.78, 5) is 75.5. The average molecular weight is 444 g/mol. The number of rotatable bonds is 8. The molecule has 2 N–H and O–H groups in total. The Morgan fingerprint density at radius 3 is 1.12 bits per heavy atom. The van der Waals surface area contributed by atoms with Gasteiger partial charge >= 0.3 is 11.9 Å². The summed E-state index contributed by atoms with van der Waals surface area (Å²) >= 11 is 0. The van der Waals surface area contributed by atoms with Gasteiger partial charge in [-0.25, -0.2) is 9.59 Å². The number of carbonyl (C=O) groups is 2. The van der Waals surface area contributed by atoms with Crippen molar-refractivity contribution >= 4 is 33.5 Å². The number of benzene rings is 1. The van der Waals surface area contributed by atoms with Crippen LogP contribution in [0.3, 0.4) is 0 Å². The van der Waals surface area contributed by atoms with E-state index in [1.807, 2.05) is 0 Å². The molecule has 0 aliphatic carbocycles. The highest BCUT2D eigenvalue weighted by Crippen LogP contribution is 2.24. The normalized spacial score (nSPS) is 15.6.